The average molecular weight is 448 g/mol. The van der Waals surface area contributed by atoms with Gasteiger partial charge in [-0.3, -0.25) is 4.79 Å². The van der Waals surface area contributed by atoms with Gasteiger partial charge < -0.3 is 14.5 Å². The molecule has 4 heterocycles. The molecule has 6 nitrogen and oxygen atoms in total. The predicted octanol–water partition coefficient (Wildman–Crippen LogP) is 5.46. The van der Waals surface area contributed by atoms with Crippen LogP contribution in [0.1, 0.15) is 53.7 Å². The highest BCUT2D eigenvalue weighted by molar-refractivity contribution is 7.17. The summed E-state index contributed by atoms with van der Waals surface area (Å²) in [6.07, 6.45) is 12.6. The summed E-state index contributed by atoms with van der Waals surface area (Å²) in [6, 6.07) is 8.41. The van der Waals surface area contributed by atoms with Gasteiger partial charge in [-0.2, -0.15) is 0 Å². The van der Waals surface area contributed by atoms with E-state index in [4.69, 9.17) is 0 Å². The number of aromatic amines is 1. The molecule has 7 heteroatoms. The van der Waals surface area contributed by atoms with E-state index in [1.54, 1.807) is 6.20 Å². The molecule has 1 unspecified atom stereocenters. The van der Waals surface area contributed by atoms with Crippen LogP contribution in [0.25, 0.3) is 10.9 Å². The molecule has 1 aromatic carbocycles. The van der Waals surface area contributed by atoms with Crippen LogP contribution in [0.4, 0.5) is 5.13 Å². The number of nitrogens with one attached hydrogen (secondary N) is 1. The van der Waals surface area contributed by atoms with Crippen molar-refractivity contribution in [2.45, 2.75) is 52.1 Å². The maximum atomic E-state index is 13.2. The summed E-state index contributed by atoms with van der Waals surface area (Å²) in [5.41, 5.74) is 2.47. The molecule has 0 fully saturated rings. The Morgan fingerprint density at radius 1 is 1.25 bits per heavy atom. The van der Waals surface area contributed by atoms with E-state index in [1.807, 2.05) is 12.4 Å². The zero-order chi connectivity index (χ0) is 21.9. The number of fused-ring (bicyclic) bond motifs is 2. The molecule has 166 valence electrons. The third kappa shape index (κ3) is 4.35. The van der Waals surface area contributed by atoms with E-state index in [0.717, 1.165) is 66.7 Å². The fourth-order valence-electron chi connectivity index (χ4n) is 4.62. The number of thiazole rings is 1. The van der Waals surface area contributed by atoms with Gasteiger partial charge in [-0.1, -0.05) is 49.3 Å². The molecular weight excluding hydrogens is 418 g/mol. The first-order valence-corrected chi connectivity index (χ1v) is 12.3. The number of hydrogen-bond donors (Lipinski definition) is 1. The number of hydrogen-bond acceptors (Lipinski definition) is 5. The Morgan fingerprint density at radius 3 is 3.06 bits per heavy atom. The van der Waals surface area contributed by atoms with Crippen LogP contribution >= 0.6 is 11.3 Å². The topological polar surface area (TPSA) is 66.8 Å². The smallest absolute Gasteiger partial charge is 0.186 e. The van der Waals surface area contributed by atoms with Crippen molar-refractivity contribution in [3.8, 4) is 0 Å². The number of aromatic nitrogens is 4. The van der Waals surface area contributed by atoms with Crippen LogP contribution < -0.4 is 4.90 Å². The Balaban J connectivity index is 1.27. The van der Waals surface area contributed by atoms with Gasteiger partial charge in [-0.05, 0) is 30.4 Å². The van der Waals surface area contributed by atoms with E-state index in [2.05, 4.69) is 61.8 Å². The Bertz CT molecular complexity index is 1210. The van der Waals surface area contributed by atoms with Crippen LogP contribution in [0.15, 0.2) is 49.1 Å². The minimum atomic E-state index is 0.216. The standard InChI is InChI=1S/C25H29N5OS/c1-2-3-6-18(13-19-15-27-21-8-5-4-7-20(19)21)14-22(31)23-16-28-25(32-23)30-12-11-29-10-9-26-24(29)17-30/h4-5,7-10,15-16,18,27H,2-3,6,11-14,17H2,1H3. The van der Waals surface area contributed by atoms with Crippen molar-refractivity contribution in [3.05, 3.63) is 65.3 Å². The Kier molecular flexibility index (Phi) is 6.08. The van der Waals surface area contributed by atoms with E-state index in [0.29, 0.717) is 12.3 Å². The summed E-state index contributed by atoms with van der Waals surface area (Å²) in [5, 5.41) is 2.19. The number of Topliss-reactive ketones (excluding diaryl/α,β-unsaturated/α-hetero) is 1. The van der Waals surface area contributed by atoms with Crippen LogP contribution in [0.5, 0.6) is 0 Å². The Labute approximate surface area is 192 Å². The zero-order valence-corrected chi connectivity index (χ0v) is 19.3. The van der Waals surface area contributed by atoms with Gasteiger partial charge in [0.15, 0.2) is 10.9 Å². The number of anilines is 1. The summed E-state index contributed by atoms with van der Waals surface area (Å²) in [5.74, 6) is 1.61. The summed E-state index contributed by atoms with van der Waals surface area (Å²) in [6.45, 7) is 4.75. The third-order valence-corrected chi connectivity index (χ3v) is 7.51. The van der Waals surface area contributed by atoms with E-state index in [9.17, 15) is 4.79 Å². The number of nitrogens with zero attached hydrogens (tertiary/aromatic N) is 4. The maximum absolute atomic E-state index is 13.2. The lowest BCUT2D eigenvalue weighted by Gasteiger charge is -2.27. The highest BCUT2D eigenvalue weighted by Crippen LogP contribution is 2.30. The number of carbonyl (C=O) groups is 1. The molecule has 3 aromatic heterocycles. The molecule has 32 heavy (non-hydrogen) atoms. The van der Waals surface area contributed by atoms with E-state index in [1.165, 1.54) is 22.3 Å². The van der Waals surface area contributed by atoms with Gasteiger partial charge >= 0.3 is 0 Å². The molecule has 1 aliphatic heterocycles. The number of ketones is 1. The van der Waals surface area contributed by atoms with Gasteiger partial charge in [0, 0.05) is 49.0 Å². The van der Waals surface area contributed by atoms with Crippen molar-refractivity contribution in [3.63, 3.8) is 0 Å². The number of carbonyl (C=O) groups excluding carboxylic acids is 1. The van der Waals surface area contributed by atoms with Gasteiger partial charge in [-0.15, -0.1) is 0 Å². The quantitative estimate of drug-likeness (QED) is 0.346. The van der Waals surface area contributed by atoms with Crippen LogP contribution in [-0.4, -0.2) is 31.8 Å². The first-order valence-electron chi connectivity index (χ1n) is 11.5. The number of unbranched alkanes of at least 4 members (excludes halogenated alkanes) is 1. The lowest BCUT2D eigenvalue weighted by Crippen LogP contribution is -2.33. The van der Waals surface area contributed by atoms with Crippen LogP contribution in [0.3, 0.4) is 0 Å². The summed E-state index contributed by atoms with van der Waals surface area (Å²) >= 11 is 1.52. The SMILES string of the molecule is CCCCC(CC(=O)c1cnc(N2CCn3ccnc3C2)s1)Cc1c[nH]c2ccccc12. The molecule has 4 aromatic rings. The van der Waals surface area contributed by atoms with Gasteiger partial charge in [0.25, 0.3) is 0 Å². The number of para-hydroxylation sites is 1. The van der Waals surface area contributed by atoms with E-state index >= 15 is 0 Å². The number of H-pyrrole nitrogens is 1. The minimum absolute atomic E-state index is 0.216. The zero-order valence-electron chi connectivity index (χ0n) is 18.5. The molecule has 0 spiro atoms. The first kappa shape index (κ1) is 20.9. The van der Waals surface area contributed by atoms with Crippen LogP contribution in [0, 0.1) is 5.92 Å². The second-order valence-corrected chi connectivity index (χ2v) is 9.67. The van der Waals surface area contributed by atoms with Crippen LogP contribution in [-0.2, 0) is 19.5 Å². The average Bonchev–Trinajstić information content (AvgIpc) is 3.56. The summed E-state index contributed by atoms with van der Waals surface area (Å²) in [4.78, 5) is 28.6. The van der Waals surface area contributed by atoms with E-state index < -0.39 is 0 Å². The van der Waals surface area contributed by atoms with E-state index in [-0.39, 0.29) is 5.78 Å². The number of imidazole rings is 1. The van der Waals surface area contributed by atoms with Crippen molar-refractivity contribution >= 4 is 33.2 Å². The molecule has 0 amide bonds. The molecule has 5 rings (SSSR count). The third-order valence-electron chi connectivity index (χ3n) is 6.41. The van der Waals surface area contributed by atoms with Crippen molar-refractivity contribution in [2.24, 2.45) is 5.92 Å². The Hall–Kier alpha value is -2.93. The second-order valence-electron chi connectivity index (χ2n) is 8.66. The molecular formula is C25H29N5OS. The van der Waals surface area contributed by atoms with Gasteiger partial charge in [0.05, 0.1) is 17.6 Å². The van der Waals surface area contributed by atoms with Gasteiger partial charge in [0.2, 0.25) is 0 Å². The number of benzene rings is 1. The predicted molar refractivity (Wildman–Crippen MR) is 129 cm³/mol. The summed E-state index contributed by atoms with van der Waals surface area (Å²) in [7, 11) is 0. The highest BCUT2D eigenvalue weighted by Gasteiger charge is 2.23. The molecule has 0 aliphatic carbocycles. The number of rotatable bonds is 9. The normalized spacial score (nSPS) is 14.6. The highest BCUT2D eigenvalue weighted by atomic mass is 32.1. The molecule has 0 bridgehead atoms. The molecule has 1 aliphatic rings. The fraction of sp³-hybridized carbons (Fsp3) is 0.400. The first-order chi connectivity index (χ1) is 15.7. The fourth-order valence-corrected chi connectivity index (χ4v) is 5.51. The van der Waals surface area contributed by atoms with Crippen molar-refractivity contribution in [1.29, 1.82) is 0 Å². The molecule has 0 saturated heterocycles. The largest absolute Gasteiger partial charge is 0.361 e. The van der Waals surface area contributed by atoms with Gasteiger partial charge in [0.1, 0.15) is 5.82 Å². The monoisotopic (exact) mass is 447 g/mol. The molecule has 0 radical (unpaired) electrons. The Morgan fingerprint density at radius 2 is 2.16 bits per heavy atom. The summed E-state index contributed by atoms with van der Waals surface area (Å²) < 4.78 is 2.18. The maximum Gasteiger partial charge on any atom is 0.186 e. The van der Waals surface area contributed by atoms with Gasteiger partial charge in [-0.25, -0.2) is 9.97 Å². The minimum Gasteiger partial charge on any atom is -0.361 e. The van der Waals surface area contributed by atoms with Crippen molar-refractivity contribution < 1.29 is 4.79 Å². The van der Waals surface area contributed by atoms with Crippen molar-refractivity contribution in [2.75, 3.05) is 11.4 Å². The lowest BCUT2D eigenvalue weighted by atomic mass is 9.89. The lowest BCUT2D eigenvalue weighted by molar-refractivity contribution is 0.0962. The van der Waals surface area contributed by atoms with Crippen molar-refractivity contribution in [1.82, 2.24) is 19.5 Å². The molecule has 0 saturated carbocycles. The molecule has 1 atom stereocenters. The molecule has 1 N–H and O–H groups in total. The van der Waals surface area contributed by atoms with Crippen LogP contribution in [0.2, 0.25) is 0 Å². The second kappa shape index (κ2) is 9.28.